The van der Waals surface area contributed by atoms with E-state index in [1.165, 1.54) is 0 Å². The van der Waals surface area contributed by atoms with Crippen molar-refractivity contribution in [3.8, 4) is 0 Å². The number of piperidine rings is 1. The van der Waals surface area contributed by atoms with Crippen LogP contribution in [0, 0.1) is 11.3 Å². The summed E-state index contributed by atoms with van der Waals surface area (Å²) in [5, 5.41) is 0. The molecule has 0 aliphatic carbocycles. The van der Waals surface area contributed by atoms with E-state index >= 15 is 0 Å². The Labute approximate surface area is 164 Å². The summed E-state index contributed by atoms with van der Waals surface area (Å²) in [5.41, 5.74) is 1.95. The monoisotopic (exact) mass is 373 g/mol. The molecule has 0 bridgehead atoms. The Bertz CT molecular complexity index is 639. The van der Waals surface area contributed by atoms with Crippen LogP contribution in [0.2, 0.25) is 0 Å². The van der Waals surface area contributed by atoms with E-state index in [2.05, 4.69) is 29.2 Å². The minimum Gasteiger partial charge on any atom is -0.378 e. The molecule has 0 unspecified atom stereocenters. The zero-order chi connectivity index (χ0) is 20.2. The van der Waals surface area contributed by atoms with Crippen LogP contribution in [0.5, 0.6) is 0 Å². The van der Waals surface area contributed by atoms with Crippen LogP contribution in [0.15, 0.2) is 24.3 Å². The molecule has 0 N–H and O–H groups in total. The van der Waals surface area contributed by atoms with E-state index < -0.39 is 0 Å². The second-order valence-electron chi connectivity index (χ2n) is 8.73. The Kier molecular flexibility index (Phi) is 6.90. The SMILES string of the molecule is CCN(Cc1ccc(N(C)C)cc1)C(=O)C1CCN(C(=O)C(C)(C)C)CC1. The van der Waals surface area contributed by atoms with Crippen LogP contribution >= 0.6 is 0 Å². The molecule has 1 aromatic carbocycles. The molecule has 1 aliphatic rings. The zero-order valence-electron chi connectivity index (χ0n) is 17.8. The molecule has 150 valence electrons. The first-order valence-electron chi connectivity index (χ1n) is 9.98. The second kappa shape index (κ2) is 8.77. The third-order valence-electron chi connectivity index (χ3n) is 5.29. The molecular formula is C22H35N3O2. The van der Waals surface area contributed by atoms with Crippen LogP contribution < -0.4 is 4.90 Å². The summed E-state index contributed by atoms with van der Waals surface area (Å²) in [6.45, 7) is 10.6. The minimum absolute atomic E-state index is 0.0232. The van der Waals surface area contributed by atoms with Gasteiger partial charge >= 0.3 is 0 Å². The average molecular weight is 374 g/mol. The summed E-state index contributed by atoms with van der Waals surface area (Å²) in [4.78, 5) is 31.4. The number of likely N-dealkylation sites (tertiary alicyclic amines) is 1. The largest absolute Gasteiger partial charge is 0.378 e. The summed E-state index contributed by atoms with van der Waals surface area (Å²) in [7, 11) is 4.04. The van der Waals surface area contributed by atoms with Crippen molar-refractivity contribution >= 4 is 17.5 Å². The van der Waals surface area contributed by atoms with Gasteiger partial charge in [-0.05, 0) is 37.5 Å². The number of amides is 2. The van der Waals surface area contributed by atoms with Gasteiger partial charge in [-0.1, -0.05) is 32.9 Å². The maximum Gasteiger partial charge on any atom is 0.227 e. The maximum atomic E-state index is 13.0. The van der Waals surface area contributed by atoms with Crippen molar-refractivity contribution in [3.63, 3.8) is 0 Å². The predicted octanol–water partition coefficient (Wildman–Crippen LogP) is 3.39. The molecule has 1 fully saturated rings. The third kappa shape index (κ3) is 5.47. The number of carbonyl (C=O) groups excluding carboxylic acids is 2. The van der Waals surface area contributed by atoms with Gasteiger partial charge in [0.25, 0.3) is 0 Å². The van der Waals surface area contributed by atoms with Gasteiger partial charge in [-0.2, -0.15) is 0 Å². The van der Waals surface area contributed by atoms with E-state index in [1.54, 1.807) is 0 Å². The van der Waals surface area contributed by atoms with Gasteiger partial charge in [0.15, 0.2) is 0 Å². The van der Waals surface area contributed by atoms with Crippen LogP contribution in [0.4, 0.5) is 5.69 Å². The van der Waals surface area contributed by atoms with Gasteiger partial charge in [-0.25, -0.2) is 0 Å². The molecule has 0 saturated carbocycles. The van der Waals surface area contributed by atoms with Crippen LogP contribution in [0.1, 0.15) is 46.1 Å². The third-order valence-corrected chi connectivity index (χ3v) is 5.29. The highest BCUT2D eigenvalue weighted by molar-refractivity contribution is 5.82. The molecule has 0 spiro atoms. The predicted molar refractivity (Wildman–Crippen MR) is 111 cm³/mol. The highest BCUT2D eigenvalue weighted by Crippen LogP contribution is 2.25. The zero-order valence-corrected chi connectivity index (χ0v) is 17.8. The van der Waals surface area contributed by atoms with Gasteiger partial charge < -0.3 is 14.7 Å². The first kappa shape index (κ1) is 21.3. The van der Waals surface area contributed by atoms with E-state index in [4.69, 9.17) is 0 Å². The Morgan fingerprint density at radius 1 is 1.07 bits per heavy atom. The number of rotatable bonds is 5. The van der Waals surface area contributed by atoms with Gasteiger partial charge in [0, 0.05) is 57.3 Å². The molecule has 1 aromatic rings. The van der Waals surface area contributed by atoms with Crippen LogP contribution in [-0.2, 0) is 16.1 Å². The van der Waals surface area contributed by atoms with Crippen molar-refractivity contribution in [3.05, 3.63) is 29.8 Å². The molecule has 5 nitrogen and oxygen atoms in total. The van der Waals surface area contributed by atoms with Crippen molar-refractivity contribution in [2.75, 3.05) is 38.6 Å². The summed E-state index contributed by atoms with van der Waals surface area (Å²) in [6, 6.07) is 8.36. The van der Waals surface area contributed by atoms with E-state index in [-0.39, 0.29) is 23.1 Å². The second-order valence-corrected chi connectivity index (χ2v) is 8.73. The van der Waals surface area contributed by atoms with Crippen molar-refractivity contribution in [1.82, 2.24) is 9.80 Å². The van der Waals surface area contributed by atoms with Crippen molar-refractivity contribution in [2.45, 2.75) is 47.1 Å². The van der Waals surface area contributed by atoms with Gasteiger partial charge in [-0.15, -0.1) is 0 Å². The molecule has 0 aromatic heterocycles. The first-order valence-corrected chi connectivity index (χ1v) is 9.98. The summed E-state index contributed by atoms with van der Waals surface area (Å²) in [6.07, 6.45) is 1.52. The van der Waals surface area contributed by atoms with Crippen molar-refractivity contribution in [1.29, 1.82) is 0 Å². The lowest BCUT2D eigenvalue weighted by Crippen LogP contribution is -2.47. The van der Waals surface area contributed by atoms with Crippen molar-refractivity contribution in [2.24, 2.45) is 11.3 Å². The topological polar surface area (TPSA) is 43.9 Å². The molecule has 0 atom stereocenters. The van der Waals surface area contributed by atoms with Gasteiger partial charge in [0.1, 0.15) is 0 Å². The van der Waals surface area contributed by atoms with Crippen molar-refractivity contribution < 1.29 is 9.59 Å². The molecule has 27 heavy (non-hydrogen) atoms. The molecular weight excluding hydrogens is 338 g/mol. The minimum atomic E-state index is -0.356. The molecule has 2 rings (SSSR count). The summed E-state index contributed by atoms with van der Waals surface area (Å²) >= 11 is 0. The summed E-state index contributed by atoms with van der Waals surface area (Å²) in [5.74, 6) is 0.425. The Morgan fingerprint density at radius 3 is 2.07 bits per heavy atom. The van der Waals surface area contributed by atoms with Gasteiger partial charge in [0.05, 0.1) is 0 Å². The number of anilines is 1. The highest BCUT2D eigenvalue weighted by atomic mass is 16.2. The van der Waals surface area contributed by atoms with E-state index in [0.29, 0.717) is 26.2 Å². The van der Waals surface area contributed by atoms with E-state index in [9.17, 15) is 9.59 Å². The fourth-order valence-corrected chi connectivity index (χ4v) is 3.53. The van der Waals surface area contributed by atoms with Crippen LogP contribution in [-0.4, -0.2) is 55.3 Å². The van der Waals surface area contributed by atoms with Gasteiger partial charge in [0.2, 0.25) is 11.8 Å². The van der Waals surface area contributed by atoms with Crippen LogP contribution in [0.3, 0.4) is 0 Å². The lowest BCUT2D eigenvalue weighted by atomic mass is 9.90. The molecule has 5 heteroatoms. The van der Waals surface area contributed by atoms with E-state index in [0.717, 1.165) is 24.1 Å². The number of benzene rings is 1. The lowest BCUT2D eigenvalue weighted by Gasteiger charge is -2.36. The normalized spacial score (nSPS) is 15.6. The Hall–Kier alpha value is -2.04. The smallest absolute Gasteiger partial charge is 0.227 e. The molecule has 0 radical (unpaired) electrons. The number of carbonyl (C=O) groups is 2. The summed E-state index contributed by atoms with van der Waals surface area (Å²) < 4.78 is 0. The fourth-order valence-electron chi connectivity index (χ4n) is 3.53. The quantitative estimate of drug-likeness (QED) is 0.795. The fraction of sp³-hybridized carbons (Fsp3) is 0.636. The average Bonchev–Trinajstić information content (AvgIpc) is 2.64. The number of hydrogen-bond donors (Lipinski definition) is 0. The van der Waals surface area contributed by atoms with E-state index in [1.807, 2.05) is 51.6 Å². The molecule has 1 heterocycles. The standard InChI is InChI=1S/C22H35N3O2/c1-7-24(16-17-8-10-19(11-9-17)23(5)6)20(26)18-12-14-25(15-13-18)21(27)22(2,3)4/h8-11,18H,7,12-16H2,1-6H3. The number of hydrogen-bond acceptors (Lipinski definition) is 3. The first-order chi connectivity index (χ1) is 12.6. The van der Waals surface area contributed by atoms with Gasteiger partial charge in [-0.3, -0.25) is 9.59 Å². The molecule has 1 aliphatic heterocycles. The van der Waals surface area contributed by atoms with Crippen LogP contribution in [0.25, 0.3) is 0 Å². The lowest BCUT2D eigenvalue weighted by molar-refractivity contribution is -0.145. The number of nitrogens with zero attached hydrogens (tertiary/aromatic N) is 3. The Morgan fingerprint density at radius 2 is 1.63 bits per heavy atom. The molecule has 2 amide bonds. The Balaban J connectivity index is 1.94. The highest BCUT2D eigenvalue weighted by Gasteiger charge is 2.33. The maximum absolute atomic E-state index is 13.0. The molecule has 1 saturated heterocycles.